The molecule has 0 aliphatic rings. The standard InChI is InChI=1S/C36H39ClFN3O4S/c1-25(2)22-39-36(43)34(21-28-9-6-5-7-10-28)40(23-29-15-17-30(38)18-16-29)35(42)24-41(33-12-8-11-32(37)27(33)4)46(44,45)31-19-13-26(3)14-20-31/h5-20,25,34H,21-24H2,1-4H3,(H,39,43). The fourth-order valence-corrected chi connectivity index (χ4v) is 6.62. The minimum atomic E-state index is -4.27. The van der Waals surface area contributed by atoms with Gasteiger partial charge in [-0.25, -0.2) is 12.8 Å². The van der Waals surface area contributed by atoms with Crippen molar-refractivity contribution in [3.63, 3.8) is 0 Å². The average molecular weight is 664 g/mol. The van der Waals surface area contributed by atoms with Crippen LogP contribution in [-0.2, 0) is 32.6 Å². The highest BCUT2D eigenvalue weighted by Crippen LogP contribution is 2.31. The molecule has 7 nitrogen and oxygen atoms in total. The first kappa shape index (κ1) is 34.7. The predicted octanol–water partition coefficient (Wildman–Crippen LogP) is 6.70. The molecule has 0 aromatic heterocycles. The number of halogens is 2. The van der Waals surface area contributed by atoms with Crippen molar-refractivity contribution in [2.75, 3.05) is 17.4 Å². The zero-order valence-corrected chi connectivity index (χ0v) is 28.0. The molecule has 242 valence electrons. The first-order valence-corrected chi connectivity index (χ1v) is 16.9. The summed E-state index contributed by atoms with van der Waals surface area (Å²) in [5, 5.41) is 3.29. The Bertz CT molecular complexity index is 1750. The summed E-state index contributed by atoms with van der Waals surface area (Å²) in [5.74, 6) is -1.27. The number of aryl methyl sites for hydroxylation is 1. The van der Waals surface area contributed by atoms with E-state index in [2.05, 4.69) is 5.32 Å². The molecule has 0 fully saturated rings. The van der Waals surface area contributed by atoms with Gasteiger partial charge in [-0.15, -0.1) is 0 Å². The summed E-state index contributed by atoms with van der Waals surface area (Å²) in [6.45, 7) is 7.19. The van der Waals surface area contributed by atoms with Crippen LogP contribution in [0.2, 0.25) is 5.02 Å². The average Bonchev–Trinajstić information content (AvgIpc) is 3.03. The molecule has 0 heterocycles. The number of hydrogen-bond donors (Lipinski definition) is 1. The molecule has 0 aliphatic heterocycles. The fraction of sp³-hybridized carbons (Fsp3) is 0.278. The molecule has 1 N–H and O–H groups in total. The minimum Gasteiger partial charge on any atom is -0.354 e. The van der Waals surface area contributed by atoms with Gasteiger partial charge in [0.1, 0.15) is 18.4 Å². The lowest BCUT2D eigenvalue weighted by atomic mass is 10.0. The molecule has 10 heteroatoms. The summed E-state index contributed by atoms with van der Waals surface area (Å²) >= 11 is 6.44. The third kappa shape index (κ3) is 8.73. The van der Waals surface area contributed by atoms with Gasteiger partial charge < -0.3 is 10.2 Å². The summed E-state index contributed by atoms with van der Waals surface area (Å²) in [5.41, 5.74) is 3.00. The summed E-state index contributed by atoms with van der Waals surface area (Å²) in [4.78, 5) is 29.8. The van der Waals surface area contributed by atoms with E-state index >= 15 is 0 Å². The van der Waals surface area contributed by atoms with Crippen molar-refractivity contribution in [3.05, 3.63) is 130 Å². The van der Waals surface area contributed by atoms with E-state index in [-0.39, 0.29) is 35.4 Å². The lowest BCUT2D eigenvalue weighted by molar-refractivity contribution is -0.140. The Kier molecular flexibility index (Phi) is 11.6. The number of carbonyl (C=O) groups excluding carboxylic acids is 2. The van der Waals surface area contributed by atoms with Crippen LogP contribution in [0.5, 0.6) is 0 Å². The molecule has 2 amide bonds. The Morgan fingerprint density at radius 2 is 1.50 bits per heavy atom. The van der Waals surface area contributed by atoms with Gasteiger partial charge in [-0.1, -0.05) is 91.7 Å². The van der Waals surface area contributed by atoms with Crippen molar-refractivity contribution in [3.8, 4) is 0 Å². The van der Waals surface area contributed by atoms with Crippen LogP contribution in [0.25, 0.3) is 0 Å². The topological polar surface area (TPSA) is 86.8 Å². The Balaban J connectivity index is 1.82. The van der Waals surface area contributed by atoms with Crippen LogP contribution in [0, 0.1) is 25.6 Å². The van der Waals surface area contributed by atoms with Gasteiger partial charge in [0.25, 0.3) is 10.0 Å². The summed E-state index contributed by atoms with van der Waals surface area (Å²) in [6.07, 6.45) is 0.179. The van der Waals surface area contributed by atoms with E-state index in [1.54, 1.807) is 49.4 Å². The molecule has 1 atom stereocenters. The molecule has 4 rings (SSSR count). The molecule has 46 heavy (non-hydrogen) atoms. The summed E-state index contributed by atoms with van der Waals surface area (Å²) < 4.78 is 43.3. The normalized spacial score (nSPS) is 12.1. The zero-order chi connectivity index (χ0) is 33.4. The number of rotatable bonds is 13. The Morgan fingerprint density at radius 3 is 2.13 bits per heavy atom. The minimum absolute atomic E-state index is 0.00544. The predicted molar refractivity (Wildman–Crippen MR) is 181 cm³/mol. The second-order valence-electron chi connectivity index (χ2n) is 11.7. The maximum atomic E-state index is 14.5. The van der Waals surface area contributed by atoms with Crippen molar-refractivity contribution in [1.29, 1.82) is 0 Å². The number of benzene rings is 4. The van der Waals surface area contributed by atoms with Crippen LogP contribution in [0.4, 0.5) is 10.1 Å². The molecular weight excluding hydrogens is 625 g/mol. The fourth-order valence-electron chi connectivity index (χ4n) is 4.98. The van der Waals surface area contributed by atoms with Gasteiger partial charge in [-0.3, -0.25) is 13.9 Å². The number of sulfonamides is 1. The van der Waals surface area contributed by atoms with Gasteiger partial charge in [0.05, 0.1) is 10.6 Å². The first-order chi connectivity index (χ1) is 21.9. The maximum absolute atomic E-state index is 14.5. The van der Waals surface area contributed by atoms with E-state index in [0.29, 0.717) is 22.7 Å². The molecule has 0 saturated heterocycles. The van der Waals surface area contributed by atoms with Gasteiger partial charge in [-0.05, 0) is 72.9 Å². The van der Waals surface area contributed by atoms with Crippen LogP contribution in [0.3, 0.4) is 0 Å². The Morgan fingerprint density at radius 1 is 0.848 bits per heavy atom. The molecule has 0 radical (unpaired) electrons. The van der Waals surface area contributed by atoms with Crippen molar-refractivity contribution < 1.29 is 22.4 Å². The number of nitrogens with zero attached hydrogens (tertiary/aromatic N) is 2. The number of carbonyl (C=O) groups is 2. The van der Waals surface area contributed by atoms with Crippen LogP contribution in [-0.4, -0.2) is 44.3 Å². The molecule has 0 saturated carbocycles. The molecule has 0 spiro atoms. The number of nitrogens with one attached hydrogen (secondary N) is 1. The monoisotopic (exact) mass is 663 g/mol. The molecule has 1 unspecified atom stereocenters. The van der Waals surface area contributed by atoms with Crippen LogP contribution < -0.4 is 9.62 Å². The molecule has 4 aromatic carbocycles. The number of anilines is 1. The van der Waals surface area contributed by atoms with Gasteiger partial charge >= 0.3 is 0 Å². The van der Waals surface area contributed by atoms with Gasteiger partial charge in [0.2, 0.25) is 11.8 Å². The van der Waals surface area contributed by atoms with E-state index in [1.165, 1.54) is 29.2 Å². The van der Waals surface area contributed by atoms with Crippen molar-refractivity contribution in [2.45, 2.75) is 51.6 Å². The lowest BCUT2D eigenvalue weighted by Crippen LogP contribution is -2.53. The van der Waals surface area contributed by atoms with Gasteiger partial charge in [0.15, 0.2) is 0 Å². The second kappa shape index (κ2) is 15.4. The van der Waals surface area contributed by atoms with Crippen LogP contribution in [0.15, 0.2) is 102 Å². The van der Waals surface area contributed by atoms with Crippen LogP contribution in [0.1, 0.15) is 36.1 Å². The van der Waals surface area contributed by atoms with Crippen molar-refractivity contribution in [1.82, 2.24) is 10.2 Å². The van der Waals surface area contributed by atoms with E-state index in [4.69, 9.17) is 11.6 Å². The summed E-state index contributed by atoms with van der Waals surface area (Å²) in [7, 11) is -4.27. The van der Waals surface area contributed by atoms with E-state index < -0.39 is 34.3 Å². The smallest absolute Gasteiger partial charge is 0.264 e. The third-order valence-corrected chi connectivity index (χ3v) is 9.80. The second-order valence-corrected chi connectivity index (χ2v) is 14.0. The van der Waals surface area contributed by atoms with E-state index in [1.807, 2.05) is 51.1 Å². The number of amides is 2. The van der Waals surface area contributed by atoms with E-state index in [0.717, 1.165) is 15.4 Å². The molecule has 4 aromatic rings. The SMILES string of the molecule is Cc1ccc(S(=O)(=O)N(CC(=O)N(Cc2ccc(F)cc2)C(Cc2ccccc2)C(=O)NCC(C)C)c2cccc(Cl)c2C)cc1. The summed E-state index contributed by atoms with van der Waals surface area (Å²) in [6, 6.07) is 25.2. The Labute approximate surface area is 276 Å². The van der Waals surface area contributed by atoms with E-state index in [9.17, 15) is 22.4 Å². The number of hydrogen-bond acceptors (Lipinski definition) is 4. The highest BCUT2D eigenvalue weighted by Gasteiger charge is 2.35. The lowest BCUT2D eigenvalue weighted by Gasteiger charge is -2.34. The van der Waals surface area contributed by atoms with Gasteiger partial charge in [0, 0.05) is 24.5 Å². The molecular formula is C36H39ClFN3O4S. The Hall–Kier alpha value is -4.21. The first-order valence-electron chi connectivity index (χ1n) is 15.1. The highest BCUT2D eigenvalue weighted by atomic mass is 35.5. The molecule has 0 bridgehead atoms. The largest absolute Gasteiger partial charge is 0.354 e. The highest BCUT2D eigenvalue weighted by molar-refractivity contribution is 7.92. The third-order valence-electron chi connectivity index (χ3n) is 7.62. The maximum Gasteiger partial charge on any atom is 0.264 e. The van der Waals surface area contributed by atoms with Crippen molar-refractivity contribution >= 4 is 39.1 Å². The molecule has 0 aliphatic carbocycles. The zero-order valence-electron chi connectivity index (χ0n) is 26.4. The van der Waals surface area contributed by atoms with Crippen LogP contribution >= 0.6 is 11.6 Å². The quantitative estimate of drug-likeness (QED) is 0.172. The van der Waals surface area contributed by atoms with Gasteiger partial charge in [-0.2, -0.15) is 0 Å². The van der Waals surface area contributed by atoms with Crippen molar-refractivity contribution in [2.24, 2.45) is 5.92 Å².